The number of benzene rings is 9. The van der Waals surface area contributed by atoms with Crippen LogP contribution in [0.3, 0.4) is 0 Å². The zero-order chi connectivity index (χ0) is 36.3. The van der Waals surface area contributed by atoms with Gasteiger partial charge in [0.2, 0.25) is 0 Å². The maximum absolute atomic E-state index is 6.78. The van der Waals surface area contributed by atoms with Crippen LogP contribution in [0.4, 0.5) is 0 Å². The molecule has 0 atom stereocenters. The minimum atomic E-state index is 0.623. The van der Waals surface area contributed by atoms with E-state index in [0.29, 0.717) is 17.5 Å². The van der Waals surface area contributed by atoms with E-state index in [1.165, 1.54) is 32.3 Å². The Bertz CT molecular complexity index is 3170. The Morgan fingerprint density at radius 1 is 0.291 bits per heavy atom. The molecule has 2 heterocycles. The molecular weight excluding hydrogens is 671 g/mol. The van der Waals surface area contributed by atoms with E-state index in [0.717, 1.165) is 60.9 Å². The number of hydrogen-bond acceptors (Lipinski definition) is 4. The molecule has 0 radical (unpaired) electrons. The molecule has 9 aromatic carbocycles. The van der Waals surface area contributed by atoms with Gasteiger partial charge in [-0.2, -0.15) is 0 Å². The lowest BCUT2D eigenvalue weighted by molar-refractivity contribution is 0.670. The molecule has 0 bridgehead atoms. The predicted octanol–water partition coefficient (Wildman–Crippen LogP) is 13.6. The maximum atomic E-state index is 6.78. The van der Waals surface area contributed by atoms with Crippen molar-refractivity contribution in [2.45, 2.75) is 0 Å². The Morgan fingerprint density at radius 3 is 1.40 bits per heavy atom. The third-order valence-corrected chi connectivity index (χ3v) is 10.7. The molecule has 0 aliphatic rings. The molecule has 0 aliphatic carbocycles. The van der Waals surface area contributed by atoms with Gasteiger partial charge in [0.15, 0.2) is 17.5 Å². The monoisotopic (exact) mass is 701 g/mol. The van der Waals surface area contributed by atoms with Gasteiger partial charge in [-0.1, -0.05) is 170 Å². The molecule has 256 valence electrons. The van der Waals surface area contributed by atoms with Crippen molar-refractivity contribution in [3.8, 4) is 56.4 Å². The van der Waals surface area contributed by atoms with Crippen molar-refractivity contribution in [2.75, 3.05) is 0 Å². The fourth-order valence-electron chi connectivity index (χ4n) is 8.15. The summed E-state index contributed by atoms with van der Waals surface area (Å²) in [5.41, 5.74) is 8.86. The fourth-order valence-corrected chi connectivity index (χ4v) is 8.15. The van der Waals surface area contributed by atoms with Gasteiger partial charge in [0, 0.05) is 33.0 Å². The van der Waals surface area contributed by atoms with Crippen LogP contribution in [0.25, 0.3) is 111 Å². The smallest absolute Gasteiger partial charge is 0.164 e. The van der Waals surface area contributed by atoms with Gasteiger partial charge in [-0.05, 0) is 67.2 Å². The molecule has 11 aromatic rings. The third kappa shape index (κ3) is 5.19. The molecule has 4 heteroatoms. The lowest BCUT2D eigenvalue weighted by Crippen LogP contribution is -2.00. The molecular formula is C51H31N3O. The fraction of sp³-hybridized carbons (Fsp3) is 0. The summed E-state index contributed by atoms with van der Waals surface area (Å²) in [6, 6.07) is 65.7. The highest BCUT2D eigenvalue weighted by Gasteiger charge is 2.18. The lowest BCUT2D eigenvalue weighted by Gasteiger charge is -2.12. The van der Waals surface area contributed by atoms with Crippen molar-refractivity contribution >= 4 is 54.3 Å². The largest absolute Gasteiger partial charge is 0.455 e. The Kier molecular flexibility index (Phi) is 7.14. The van der Waals surface area contributed by atoms with E-state index < -0.39 is 0 Å². The summed E-state index contributed by atoms with van der Waals surface area (Å²) in [5, 5.41) is 9.71. The van der Waals surface area contributed by atoms with Gasteiger partial charge in [0.25, 0.3) is 0 Å². The highest BCUT2D eigenvalue weighted by Crippen LogP contribution is 2.43. The number of nitrogens with zero attached hydrogens (tertiary/aromatic N) is 3. The molecule has 0 aliphatic heterocycles. The van der Waals surface area contributed by atoms with E-state index in [2.05, 4.69) is 127 Å². The first-order valence-corrected chi connectivity index (χ1v) is 18.5. The Hall–Kier alpha value is -7.43. The normalized spacial score (nSPS) is 11.6. The van der Waals surface area contributed by atoms with Crippen LogP contribution >= 0.6 is 0 Å². The van der Waals surface area contributed by atoms with Gasteiger partial charge in [-0.15, -0.1) is 0 Å². The van der Waals surface area contributed by atoms with E-state index in [9.17, 15) is 0 Å². The Balaban J connectivity index is 1.06. The van der Waals surface area contributed by atoms with E-state index >= 15 is 0 Å². The second kappa shape index (κ2) is 12.6. The van der Waals surface area contributed by atoms with Gasteiger partial charge in [-0.25, -0.2) is 15.0 Å². The summed E-state index contributed by atoms with van der Waals surface area (Å²) in [6.07, 6.45) is 0. The molecule has 0 fully saturated rings. The summed E-state index contributed by atoms with van der Waals surface area (Å²) in [6.45, 7) is 0. The number of aromatic nitrogens is 3. The third-order valence-electron chi connectivity index (χ3n) is 10.7. The van der Waals surface area contributed by atoms with E-state index in [1.54, 1.807) is 0 Å². The molecule has 55 heavy (non-hydrogen) atoms. The Labute approximate surface area is 317 Å². The van der Waals surface area contributed by atoms with Gasteiger partial charge in [-0.3, -0.25) is 0 Å². The van der Waals surface area contributed by atoms with Crippen molar-refractivity contribution < 1.29 is 4.42 Å². The lowest BCUT2D eigenvalue weighted by atomic mass is 9.91. The first-order valence-electron chi connectivity index (χ1n) is 18.5. The number of fused-ring (bicyclic) bond motifs is 9. The molecule has 0 spiro atoms. The zero-order valence-electron chi connectivity index (χ0n) is 29.6. The van der Waals surface area contributed by atoms with E-state index in [1.807, 2.05) is 60.7 Å². The van der Waals surface area contributed by atoms with Crippen LogP contribution in [0.5, 0.6) is 0 Å². The van der Waals surface area contributed by atoms with Gasteiger partial charge >= 0.3 is 0 Å². The van der Waals surface area contributed by atoms with Crippen LogP contribution < -0.4 is 0 Å². The zero-order valence-corrected chi connectivity index (χ0v) is 29.6. The van der Waals surface area contributed by atoms with Gasteiger partial charge in [0.1, 0.15) is 11.2 Å². The highest BCUT2D eigenvalue weighted by molar-refractivity contribution is 6.26. The van der Waals surface area contributed by atoms with Crippen LogP contribution in [0.1, 0.15) is 0 Å². The molecule has 0 saturated carbocycles. The van der Waals surface area contributed by atoms with Crippen LogP contribution in [0, 0.1) is 0 Å². The van der Waals surface area contributed by atoms with Crippen LogP contribution in [0.15, 0.2) is 192 Å². The topological polar surface area (TPSA) is 51.8 Å². The summed E-state index contributed by atoms with van der Waals surface area (Å²) in [7, 11) is 0. The summed E-state index contributed by atoms with van der Waals surface area (Å²) in [5.74, 6) is 1.90. The van der Waals surface area contributed by atoms with Crippen LogP contribution in [-0.4, -0.2) is 15.0 Å². The molecule has 0 amide bonds. The molecule has 0 unspecified atom stereocenters. The molecule has 0 saturated heterocycles. The average Bonchev–Trinajstić information content (AvgIpc) is 3.66. The predicted molar refractivity (Wildman–Crippen MR) is 227 cm³/mol. The Morgan fingerprint density at radius 2 is 0.745 bits per heavy atom. The van der Waals surface area contributed by atoms with Crippen molar-refractivity contribution in [2.24, 2.45) is 0 Å². The number of para-hydroxylation sites is 1. The molecule has 11 rings (SSSR count). The number of furan rings is 1. The minimum absolute atomic E-state index is 0.623. The van der Waals surface area contributed by atoms with Crippen molar-refractivity contribution in [1.82, 2.24) is 15.0 Å². The summed E-state index contributed by atoms with van der Waals surface area (Å²) in [4.78, 5) is 14.9. The van der Waals surface area contributed by atoms with E-state index in [4.69, 9.17) is 19.4 Å². The number of rotatable bonds is 5. The van der Waals surface area contributed by atoms with Gasteiger partial charge < -0.3 is 4.42 Å². The molecule has 2 aromatic heterocycles. The van der Waals surface area contributed by atoms with Crippen LogP contribution in [-0.2, 0) is 0 Å². The maximum Gasteiger partial charge on any atom is 0.164 e. The molecule has 4 nitrogen and oxygen atoms in total. The average molecular weight is 702 g/mol. The standard InChI is InChI=1S/C51H31N3O/c1-3-14-32(15-4-1)49-52-50(33-16-5-2-6-17-33)54-51(53-49)36-19-11-18-34(30-36)37-24-13-27-46-47(37)44-26-12-25-38(48(44)55-46)35-28-29-43-41-22-8-7-20-39(41)40-21-9-10-23-42(40)45(43)31-35/h1-31H. The SMILES string of the molecule is c1ccc(-c2nc(-c3ccccc3)nc(-c3cccc(-c4cccc5oc6c(-c7ccc8c9ccccc9c9ccccc9c8c7)cccc6c45)c3)n2)cc1. The first kappa shape index (κ1) is 31.1. The summed E-state index contributed by atoms with van der Waals surface area (Å²) >= 11 is 0. The van der Waals surface area contributed by atoms with Gasteiger partial charge in [0.05, 0.1) is 0 Å². The quantitative estimate of drug-likeness (QED) is 0.168. The van der Waals surface area contributed by atoms with Crippen LogP contribution in [0.2, 0.25) is 0 Å². The van der Waals surface area contributed by atoms with Crippen molar-refractivity contribution in [3.63, 3.8) is 0 Å². The second-order valence-corrected chi connectivity index (χ2v) is 13.9. The summed E-state index contributed by atoms with van der Waals surface area (Å²) < 4.78 is 6.78. The minimum Gasteiger partial charge on any atom is -0.455 e. The highest BCUT2D eigenvalue weighted by atomic mass is 16.3. The van der Waals surface area contributed by atoms with E-state index in [-0.39, 0.29) is 0 Å². The van der Waals surface area contributed by atoms with Crippen molar-refractivity contribution in [1.29, 1.82) is 0 Å². The number of hydrogen-bond donors (Lipinski definition) is 0. The molecule has 0 N–H and O–H groups in total. The van der Waals surface area contributed by atoms with Crippen molar-refractivity contribution in [3.05, 3.63) is 188 Å². The second-order valence-electron chi connectivity index (χ2n) is 13.9. The first-order chi connectivity index (χ1) is 27.3.